The largest absolute Gasteiger partial charge is 0.395 e. The van der Waals surface area contributed by atoms with E-state index in [1.165, 1.54) is 4.90 Å². The summed E-state index contributed by atoms with van der Waals surface area (Å²) in [5, 5.41) is 9.62. The molecule has 0 bridgehead atoms. The number of likely N-dealkylation sites (N-methyl/N-ethyl adjacent to an activating group) is 1. The van der Waals surface area contributed by atoms with E-state index in [2.05, 4.69) is 0 Å². The van der Waals surface area contributed by atoms with E-state index < -0.39 is 27.4 Å². The number of carbonyl (C=O) groups excluding carboxylic acids is 3. The average Bonchev–Trinajstić information content (AvgIpc) is 2.91. The van der Waals surface area contributed by atoms with Gasteiger partial charge in [-0.15, -0.1) is 11.8 Å². The zero-order chi connectivity index (χ0) is 21.1. The summed E-state index contributed by atoms with van der Waals surface area (Å²) in [7, 11) is 1.76. The molecule has 4 aliphatic rings. The van der Waals surface area contributed by atoms with Gasteiger partial charge < -0.3 is 19.8 Å². The Hall–Kier alpha value is -1.80. The predicted octanol–water partition coefficient (Wildman–Crippen LogP) is 0.501. The maximum Gasteiger partial charge on any atom is 0.247 e. The van der Waals surface area contributed by atoms with Crippen molar-refractivity contribution in [1.82, 2.24) is 14.7 Å². The summed E-state index contributed by atoms with van der Waals surface area (Å²) in [6.07, 6.45) is 8.00. The Morgan fingerprint density at radius 3 is 2.45 bits per heavy atom. The molecule has 5 atom stereocenters. The summed E-state index contributed by atoms with van der Waals surface area (Å²) in [4.78, 5) is 45.6. The highest BCUT2D eigenvalue weighted by Crippen LogP contribution is 2.65. The number of hydrogen-bond donors (Lipinski definition) is 1. The third-order valence-corrected chi connectivity index (χ3v) is 8.55. The molecule has 2 fully saturated rings. The molecule has 4 rings (SSSR count). The maximum absolute atomic E-state index is 13.6. The molecule has 3 amide bonds. The SMILES string of the molecule is CC(C)N1CC=C[C@]23S[C@]4(C)C=CCN(C)C(=O)[C@@H]4[C@H]2C(=O)N(CCO)C3C1=O. The van der Waals surface area contributed by atoms with Gasteiger partial charge in [0.25, 0.3) is 0 Å². The normalized spacial score (nSPS) is 39.0. The lowest BCUT2D eigenvalue weighted by atomic mass is 9.74. The quantitative estimate of drug-likeness (QED) is 0.674. The Labute approximate surface area is 175 Å². The molecule has 158 valence electrons. The standard InChI is InChI=1S/C21H29N3O4S/c1-13(2)23-10-6-8-21-15(18(27)24(11-12-25)16(21)19(23)28)14-17(26)22(4)9-5-7-20(14,3)29-21/h5-8,13-16,25H,9-12H2,1-4H3/t14-,15-,16?,20+,21-/m0/s1. The number of nitrogens with zero attached hydrogens (tertiary/aromatic N) is 3. The van der Waals surface area contributed by atoms with Gasteiger partial charge in [-0.1, -0.05) is 24.3 Å². The van der Waals surface area contributed by atoms with Crippen LogP contribution in [-0.4, -0.2) is 92.4 Å². The molecule has 2 saturated heterocycles. The second kappa shape index (κ2) is 6.87. The Kier molecular flexibility index (Phi) is 4.85. The minimum Gasteiger partial charge on any atom is -0.395 e. The lowest BCUT2D eigenvalue weighted by molar-refractivity contribution is -0.145. The molecule has 1 spiro atoms. The number of aliphatic hydroxyl groups excluding tert-OH is 1. The van der Waals surface area contributed by atoms with Crippen molar-refractivity contribution in [2.75, 3.05) is 33.3 Å². The first-order valence-electron chi connectivity index (χ1n) is 10.2. The Morgan fingerprint density at radius 1 is 1.10 bits per heavy atom. The van der Waals surface area contributed by atoms with Crippen LogP contribution in [0.15, 0.2) is 24.3 Å². The van der Waals surface area contributed by atoms with Crippen molar-refractivity contribution in [3.63, 3.8) is 0 Å². The van der Waals surface area contributed by atoms with E-state index in [4.69, 9.17) is 0 Å². The first kappa shape index (κ1) is 20.5. The van der Waals surface area contributed by atoms with Crippen LogP contribution in [-0.2, 0) is 14.4 Å². The van der Waals surface area contributed by atoms with Crippen molar-refractivity contribution in [1.29, 1.82) is 0 Å². The minimum atomic E-state index is -0.815. The van der Waals surface area contributed by atoms with Crippen LogP contribution in [0.1, 0.15) is 20.8 Å². The third-order valence-electron chi connectivity index (χ3n) is 6.75. The fraction of sp³-hybridized carbons (Fsp3) is 0.667. The number of fused-ring (bicyclic) bond motifs is 2. The summed E-state index contributed by atoms with van der Waals surface area (Å²) in [5.74, 6) is -1.54. The van der Waals surface area contributed by atoms with E-state index >= 15 is 0 Å². The van der Waals surface area contributed by atoms with Crippen molar-refractivity contribution < 1.29 is 19.5 Å². The van der Waals surface area contributed by atoms with E-state index in [0.717, 1.165) is 0 Å². The van der Waals surface area contributed by atoms with E-state index in [0.29, 0.717) is 13.1 Å². The van der Waals surface area contributed by atoms with Crippen molar-refractivity contribution >= 4 is 29.5 Å². The molecule has 8 heteroatoms. The maximum atomic E-state index is 13.6. The summed E-state index contributed by atoms with van der Waals surface area (Å²) >= 11 is 1.57. The van der Waals surface area contributed by atoms with Gasteiger partial charge in [-0.25, -0.2) is 0 Å². The Morgan fingerprint density at radius 2 is 1.79 bits per heavy atom. The van der Waals surface area contributed by atoms with Crippen LogP contribution >= 0.6 is 11.8 Å². The second-order valence-corrected chi connectivity index (χ2v) is 10.7. The second-order valence-electron chi connectivity index (χ2n) is 8.86. The molecule has 7 nitrogen and oxygen atoms in total. The van der Waals surface area contributed by atoms with Gasteiger partial charge in [0.2, 0.25) is 17.7 Å². The summed E-state index contributed by atoms with van der Waals surface area (Å²) in [6, 6.07) is -0.721. The molecule has 0 aromatic rings. The van der Waals surface area contributed by atoms with Crippen LogP contribution in [0.5, 0.6) is 0 Å². The van der Waals surface area contributed by atoms with Gasteiger partial charge >= 0.3 is 0 Å². The molecule has 0 aromatic heterocycles. The number of aliphatic hydroxyl groups is 1. The van der Waals surface area contributed by atoms with Crippen LogP contribution in [0, 0.1) is 11.8 Å². The van der Waals surface area contributed by atoms with Crippen LogP contribution in [0.4, 0.5) is 0 Å². The predicted molar refractivity (Wildman–Crippen MR) is 111 cm³/mol. The monoisotopic (exact) mass is 419 g/mol. The highest BCUT2D eigenvalue weighted by Gasteiger charge is 2.73. The number of likely N-dealkylation sites (tertiary alicyclic amines) is 1. The lowest BCUT2D eigenvalue weighted by Gasteiger charge is -2.37. The first-order chi connectivity index (χ1) is 13.7. The molecular weight excluding hydrogens is 390 g/mol. The number of hydrogen-bond acceptors (Lipinski definition) is 5. The van der Waals surface area contributed by atoms with E-state index in [-0.39, 0.29) is 36.9 Å². The van der Waals surface area contributed by atoms with Gasteiger partial charge in [-0.2, -0.15) is 0 Å². The number of amides is 3. The fourth-order valence-electron chi connectivity index (χ4n) is 5.47. The summed E-state index contributed by atoms with van der Waals surface area (Å²) in [5.41, 5.74) is 0. The Balaban J connectivity index is 1.90. The average molecular weight is 420 g/mol. The smallest absolute Gasteiger partial charge is 0.247 e. The topological polar surface area (TPSA) is 81.2 Å². The molecule has 4 heterocycles. The molecule has 29 heavy (non-hydrogen) atoms. The Bertz CT molecular complexity index is 812. The zero-order valence-electron chi connectivity index (χ0n) is 17.4. The summed E-state index contributed by atoms with van der Waals surface area (Å²) < 4.78 is -1.38. The van der Waals surface area contributed by atoms with E-state index in [9.17, 15) is 19.5 Å². The van der Waals surface area contributed by atoms with Gasteiger partial charge in [0.05, 0.1) is 23.2 Å². The van der Waals surface area contributed by atoms with Gasteiger partial charge in [-0.05, 0) is 20.8 Å². The minimum absolute atomic E-state index is 0.00689. The molecule has 1 unspecified atom stereocenters. The summed E-state index contributed by atoms with van der Waals surface area (Å²) in [6.45, 7) is 6.80. The van der Waals surface area contributed by atoms with E-state index in [1.54, 1.807) is 28.6 Å². The molecule has 0 radical (unpaired) electrons. The van der Waals surface area contributed by atoms with E-state index in [1.807, 2.05) is 45.1 Å². The van der Waals surface area contributed by atoms with Crippen LogP contribution < -0.4 is 0 Å². The molecule has 0 aromatic carbocycles. The number of rotatable bonds is 3. The molecule has 0 aliphatic carbocycles. The van der Waals surface area contributed by atoms with Crippen molar-refractivity contribution in [2.45, 2.75) is 42.3 Å². The first-order valence-corrected chi connectivity index (χ1v) is 11.0. The molecule has 4 aliphatic heterocycles. The van der Waals surface area contributed by atoms with Gasteiger partial charge in [0.1, 0.15) is 6.04 Å². The number of carbonyl (C=O) groups is 3. The zero-order valence-corrected chi connectivity index (χ0v) is 18.2. The fourth-order valence-corrected chi connectivity index (χ4v) is 7.63. The van der Waals surface area contributed by atoms with Gasteiger partial charge in [0.15, 0.2) is 0 Å². The lowest BCUT2D eigenvalue weighted by Crippen LogP contribution is -2.55. The van der Waals surface area contributed by atoms with Crippen molar-refractivity contribution in [3.8, 4) is 0 Å². The molecule has 1 N–H and O–H groups in total. The molecular formula is C21H29N3O4S. The van der Waals surface area contributed by atoms with Gasteiger partial charge in [-0.3, -0.25) is 14.4 Å². The highest BCUT2D eigenvalue weighted by atomic mass is 32.2. The number of β-amino-alcohol motifs (C(OH)–C–C–N with tert-alkyl or cyclic N) is 1. The molecule has 0 saturated carbocycles. The van der Waals surface area contributed by atoms with Crippen molar-refractivity contribution in [2.24, 2.45) is 11.8 Å². The highest BCUT2D eigenvalue weighted by molar-refractivity contribution is 8.02. The number of thioether (sulfide) groups is 1. The van der Waals surface area contributed by atoms with Crippen LogP contribution in [0.3, 0.4) is 0 Å². The van der Waals surface area contributed by atoms with Crippen molar-refractivity contribution in [3.05, 3.63) is 24.3 Å². The third kappa shape index (κ3) is 2.71. The van der Waals surface area contributed by atoms with Crippen LogP contribution in [0.25, 0.3) is 0 Å². The van der Waals surface area contributed by atoms with Gasteiger partial charge in [0, 0.05) is 37.5 Å². The van der Waals surface area contributed by atoms with Crippen LogP contribution in [0.2, 0.25) is 0 Å².